The monoisotopic (exact) mass is 409 g/mol. The SMILES string of the molecule is Cc1c(OCC(O)C[N+](C)(C)C)cc2c(c1C)SC1=CC(=O)CC=C1C2.[Cl-]. The molecule has 0 saturated carbocycles. The number of quaternary nitrogens is 1. The molecule has 0 amide bonds. The van der Waals surface area contributed by atoms with E-state index in [2.05, 4.69) is 41.1 Å². The van der Waals surface area contributed by atoms with Crippen LogP contribution in [0.2, 0.25) is 0 Å². The maximum atomic E-state index is 11.7. The highest BCUT2D eigenvalue weighted by Gasteiger charge is 2.26. The van der Waals surface area contributed by atoms with E-state index in [1.807, 2.05) is 6.08 Å². The minimum Gasteiger partial charge on any atom is -1.00 e. The highest BCUT2D eigenvalue weighted by Crippen LogP contribution is 2.46. The highest BCUT2D eigenvalue weighted by atomic mass is 35.5. The number of ketones is 1. The maximum absolute atomic E-state index is 11.7. The van der Waals surface area contributed by atoms with Crippen LogP contribution >= 0.6 is 11.8 Å². The molecule has 6 heteroatoms. The number of rotatable bonds is 5. The first-order valence-electron chi connectivity index (χ1n) is 9.00. The first kappa shape index (κ1) is 22.0. The van der Waals surface area contributed by atoms with Crippen molar-refractivity contribution in [3.05, 3.63) is 45.4 Å². The van der Waals surface area contributed by atoms with Gasteiger partial charge in [0, 0.05) is 16.2 Å². The Morgan fingerprint density at radius 1 is 1.26 bits per heavy atom. The lowest BCUT2D eigenvalue weighted by Gasteiger charge is -2.28. The molecule has 0 fully saturated rings. The molecule has 1 heterocycles. The van der Waals surface area contributed by atoms with Crippen LogP contribution in [0.5, 0.6) is 5.75 Å². The summed E-state index contributed by atoms with van der Waals surface area (Å²) >= 11 is 1.69. The van der Waals surface area contributed by atoms with Gasteiger partial charge in [0.05, 0.1) is 21.1 Å². The van der Waals surface area contributed by atoms with Gasteiger partial charge in [-0.1, -0.05) is 17.8 Å². The number of fused-ring (bicyclic) bond motifs is 2. The number of halogens is 1. The van der Waals surface area contributed by atoms with Crippen molar-refractivity contribution in [2.75, 3.05) is 34.3 Å². The lowest BCUT2D eigenvalue weighted by Crippen LogP contribution is -3.00. The van der Waals surface area contributed by atoms with Crippen LogP contribution in [0.3, 0.4) is 0 Å². The molecule has 27 heavy (non-hydrogen) atoms. The van der Waals surface area contributed by atoms with Gasteiger partial charge in [0.15, 0.2) is 5.78 Å². The molecule has 1 aromatic carbocycles. The Kier molecular flexibility index (Phi) is 6.85. The fourth-order valence-corrected chi connectivity index (χ4v) is 4.68. The molecular formula is C21H28ClNO3S. The smallest absolute Gasteiger partial charge is 0.160 e. The predicted octanol–water partition coefficient (Wildman–Crippen LogP) is 0.185. The standard InChI is InChI=1S/C21H28NO3S.ClH/c1-13-14(2)21-16(8-15-6-7-17(23)10-20(15)26-21)9-19(13)25-12-18(24)11-22(3,4)5;/h6,9-10,18,24H,7-8,11-12H2,1-5H3;1H/q+1;/p-1. The number of hydrogen-bond acceptors (Lipinski definition) is 4. The summed E-state index contributed by atoms with van der Waals surface area (Å²) in [5, 5.41) is 10.2. The second-order valence-corrected chi connectivity index (χ2v) is 9.29. The average molecular weight is 410 g/mol. The number of aliphatic hydroxyl groups excluding tert-OH is 1. The van der Waals surface area contributed by atoms with Crippen molar-refractivity contribution >= 4 is 17.5 Å². The van der Waals surface area contributed by atoms with Gasteiger partial charge in [0.2, 0.25) is 0 Å². The minimum atomic E-state index is -0.498. The molecule has 3 rings (SSSR count). The number of carbonyl (C=O) groups is 1. The van der Waals surface area contributed by atoms with Gasteiger partial charge >= 0.3 is 0 Å². The van der Waals surface area contributed by atoms with Crippen molar-refractivity contribution in [1.82, 2.24) is 0 Å². The summed E-state index contributed by atoms with van der Waals surface area (Å²) in [6.07, 6.45) is 4.67. The number of nitrogens with zero attached hydrogens (tertiary/aromatic N) is 1. The zero-order chi connectivity index (χ0) is 19.1. The Balaban J connectivity index is 0.00000261. The molecule has 1 N–H and O–H groups in total. The van der Waals surface area contributed by atoms with Crippen LogP contribution in [-0.2, 0) is 11.2 Å². The van der Waals surface area contributed by atoms with E-state index >= 15 is 0 Å². The molecule has 2 aliphatic rings. The van der Waals surface area contributed by atoms with Crippen LogP contribution in [0.1, 0.15) is 23.1 Å². The maximum Gasteiger partial charge on any atom is 0.160 e. The Hall–Kier alpha value is -1.27. The third kappa shape index (κ3) is 5.17. The summed E-state index contributed by atoms with van der Waals surface area (Å²) in [5.74, 6) is 1.03. The lowest BCUT2D eigenvalue weighted by atomic mass is 9.95. The molecule has 148 valence electrons. The molecular weight excluding hydrogens is 382 g/mol. The van der Waals surface area contributed by atoms with E-state index in [-0.39, 0.29) is 18.2 Å². The van der Waals surface area contributed by atoms with Crippen molar-refractivity contribution in [3.63, 3.8) is 0 Å². The Bertz CT molecular complexity index is 809. The molecule has 0 radical (unpaired) electrons. The molecule has 1 aromatic rings. The summed E-state index contributed by atoms with van der Waals surface area (Å²) in [4.78, 5) is 14.0. The van der Waals surface area contributed by atoms with Gasteiger partial charge in [-0.2, -0.15) is 0 Å². The van der Waals surface area contributed by atoms with Crippen molar-refractivity contribution < 1.29 is 31.5 Å². The van der Waals surface area contributed by atoms with Gasteiger partial charge in [-0.15, -0.1) is 0 Å². The van der Waals surface area contributed by atoms with Gasteiger partial charge in [0.25, 0.3) is 0 Å². The highest BCUT2D eigenvalue weighted by molar-refractivity contribution is 8.03. The van der Waals surface area contributed by atoms with E-state index in [0.29, 0.717) is 24.1 Å². The van der Waals surface area contributed by atoms with E-state index in [9.17, 15) is 9.90 Å². The molecule has 0 saturated heterocycles. The molecule has 1 aliphatic heterocycles. The molecule has 1 atom stereocenters. The quantitative estimate of drug-likeness (QED) is 0.705. The fraction of sp³-hybridized carbons (Fsp3) is 0.476. The number of thioether (sulfide) groups is 1. The average Bonchev–Trinajstić information content (AvgIpc) is 2.54. The number of likely N-dealkylation sites (N-methyl/N-ethyl adjacent to an activating group) is 1. The van der Waals surface area contributed by atoms with Crippen molar-refractivity contribution in [1.29, 1.82) is 0 Å². The van der Waals surface area contributed by atoms with Crippen molar-refractivity contribution in [3.8, 4) is 5.75 Å². The molecule has 0 bridgehead atoms. The second-order valence-electron chi connectivity index (χ2n) is 8.24. The largest absolute Gasteiger partial charge is 1.00 e. The fourth-order valence-electron chi connectivity index (χ4n) is 3.41. The molecule has 1 aliphatic carbocycles. The Morgan fingerprint density at radius 3 is 2.63 bits per heavy atom. The third-order valence-electron chi connectivity index (χ3n) is 4.81. The summed E-state index contributed by atoms with van der Waals surface area (Å²) in [5.41, 5.74) is 4.78. The van der Waals surface area contributed by atoms with Crippen molar-refractivity contribution in [2.45, 2.75) is 37.7 Å². The van der Waals surface area contributed by atoms with Crippen LogP contribution in [0.15, 0.2) is 33.6 Å². The van der Waals surface area contributed by atoms with E-state index in [1.165, 1.54) is 21.6 Å². The van der Waals surface area contributed by atoms with E-state index in [1.54, 1.807) is 17.8 Å². The van der Waals surface area contributed by atoms with E-state index in [4.69, 9.17) is 4.74 Å². The normalized spacial score (nSPS) is 17.2. The predicted molar refractivity (Wildman–Crippen MR) is 106 cm³/mol. The number of ether oxygens (including phenoxy) is 1. The Morgan fingerprint density at radius 2 is 1.96 bits per heavy atom. The molecule has 1 unspecified atom stereocenters. The molecule has 4 nitrogen and oxygen atoms in total. The summed E-state index contributed by atoms with van der Waals surface area (Å²) in [6.45, 7) is 5.11. The van der Waals surface area contributed by atoms with E-state index < -0.39 is 6.10 Å². The zero-order valence-corrected chi connectivity index (χ0v) is 18.2. The van der Waals surface area contributed by atoms with Crippen LogP contribution in [0.25, 0.3) is 0 Å². The minimum absolute atomic E-state index is 0. The van der Waals surface area contributed by atoms with Gasteiger partial charge in [-0.05, 0) is 54.7 Å². The van der Waals surface area contributed by atoms with Gasteiger partial charge in [-0.25, -0.2) is 0 Å². The molecule has 0 aromatic heterocycles. The topological polar surface area (TPSA) is 46.5 Å². The second kappa shape index (κ2) is 8.39. The van der Waals surface area contributed by atoms with Crippen molar-refractivity contribution in [2.24, 2.45) is 0 Å². The summed E-state index contributed by atoms with van der Waals surface area (Å²) in [6, 6.07) is 2.11. The van der Waals surface area contributed by atoms with Gasteiger partial charge < -0.3 is 26.7 Å². The lowest BCUT2D eigenvalue weighted by molar-refractivity contribution is -0.873. The first-order chi connectivity index (χ1) is 12.1. The number of hydrogen-bond donors (Lipinski definition) is 1. The summed E-state index contributed by atoms with van der Waals surface area (Å²) in [7, 11) is 6.17. The third-order valence-corrected chi connectivity index (χ3v) is 6.18. The molecule has 0 spiro atoms. The van der Waals surface area contributed by atoms with Crippen LogP contribution in [0.4, 0.5) is 0 Å². The van der Waals surface area contributed by atoms with Gasteiger partial charge in [-0.3, -0.25) is 4.79 Å². The number of allylic oxidation sites excluding steroid dienone is 3. The van der Waals surface area contributed by atoms with E-state index in [0.717, 1.165) is 22.6 Å². The number of aliphatic hydroxyl groups is 1. The number of benzene rings is 1. The Labute approximate surface area is 172 Å². The van der Waals surface area contributed by atoms with Gasteiger partial charge in [0.1, 0.15) is 25.0 Å². The van der Waals surface area contributed by atoms with Crippen LogP contribution < -0.4 is 17.1 Å². The van der Waals surface area contributed by atoms with Crippen LogP contribution in [0, 0.1) is 13.8 Å². The number of carbonyl (C=O) groups excluding carboxylic acids is 1. The van der Waals surface area contributed by atoms with Crippen LogP contribution in [-0.4, -0.2) is 55.8 Å². The zero-order valence-electron chi connectivity index (χ0n) is 16.6. The first-order valence-corrected chi connectivity index (χ1v) is 9.82. The summed E-state index contributed by atoms with van der Waals surface area (Å²) < 4.78 is 6.69.